The summed E-state index contributed by atoms with van der Waals surface area (Å²) >= 11 is 19.7. The molecule has 10 heteroatoms. The van der Waals surface area contributed by atoms with Crippen LogP contribution in [0.1, 0.15) is 19.8 Å². The van der Waals surface area contributed by atoms with Gasteiger partial charge >= 0.3 is 7.82 Å². The molecule has 0 radical (unpaired) electrons. The van der Waals surface area contributed by atoms with E-state index in [0.717, 1.165) is 0 Å². The Bertz CT molecular complexity index is 303. The Labute approximate surface area is 152 Å². The Hall–Kier alpha value is 2.32. The molecule has 4 nitrogen and oxygen atoms in total. The molecule has 0 fully saturated rings. The average Bonchev–Trinajstić information content (AvgIpc) is 2.25. The van der Waals surface area contributed by atoms with Crippen molar-refractivity contribution < 1.29 is 18.9 Å². The first-order valence-electron chi connectivity index (χ1n) is 5.36. The van der Waals surface area contributed by atoms with Crippen molar-refractivity contribution in [2.24, 2.45) is 0 Å². The van der Waals surface area contributed by atoms with Crippen LogP contribution in [0, 0.1) is 0 Å². The average molecular weight is 574 g/mol. The topological polar surface area (TPSA) is 66.8 Å². The zero-order valence-corrected chi connectivity index (χ0v) is 18.1. The lowest BCUT2D eigenvalue weighted by Crippen LogP contribution is -2.44. The normalized spacial score (nSPS) is 20.6. The maximum absolute atomic E-state index is 11.3. The molecular weight excluding hydrogens is 558 g/mol. The van der Waals surface area contributed by atoms with E-state index in [1.54, 1.807) is 6.92 Å². The fraction of sp³-hybridized carbons (Fsp3) is 1.00. The van der Waals surface area contributed by atoms with Gasteiger partial charge in [-0.15, -0.1) is 11.6 Å². The predicted octanol–water partition coefficient (Wildman–Crippen LogP) is 4.56. The highest BCUT2D eigenvalue weighted by Crippen LogP contribution is 2.48. The van der Waals surface area contributed by atoms with E-state index in [9.17, 15) is 4.57 Å². The minimum atomic E-state index is -4.63. The Balaban J connectivity index is 5.27. The second kappa shape index (κ2) is 9.46. The van der Waals surface area contributed by atoms with Gasteiger partial charge in [-0.25, -0.2) is 4.57 Å². The van der Waals surface area contributed by atoms with Crippen molar-refractivity contribution in [1.82, 2.24) is 0 Å². The van der Waals surface area contributed by atoms with E-state index in [0.29, 0.717) is 23.5 Å². The van der Waals surface area contributed by atoms with Crippen LogP contribution in [-0.2, 0) is 9.09 Å². The van der Waals surface area contributed by atoms with Gasteiger partial charge in [0.25, 0.3) is 0 Å². The number of phosphoric ester groups is 1. The van der Waals surface area contributed by atoms with E-state index in [1.165, 1.54) is 0 Å². The Morgan fingerprint density at radius 2 is 1.58 bits per heavy atom. The molecule has 3 unspecified atom stereocenters. The highest BCUT2D eigenvalue weighted by Gasteiger charge is 2.44. The molecule has 0 aromatic rings. The van der Waals surface area contributed by atoms with Crippen molar-refractivity contribution >= 4 is 83.1 Å². The summed E-state index contributed by atoms with van der Waals surface area (Å²) in [6, 6.07) is 0. The van der Waals surface area contributed by atoms with Crippen LogP contribution < -0.4 is 0 Å². The Kier molecular flexibility index (Phi) is 10.6. The van der Waals surface area contributed by atoms with Crippen molar-refractivity contribution in [1.29, 1.82) is 0 Å². The van der Waals surface area contributed by atoms with Crippen LogP contribution in [0.15, 0.2) is 0 Å². The van der Waals surface area contributed by atoms with Gasteiger partial charge in [-0.3, -0.25) is 4.52 Å². The lowest BCUT2D eigenvalue weighted by molar-refractivity contribution is 0.0210. The van der Waals surface area contributed by atoms with E-state index in [-0.39, 0.29) is 9.65 Å². The maximum Gasteiger partial charge on any atom is 0.470 e. The van der Waals surface area contributed by atoms with Gasteiger partial charge in [0.15, 0.2) is 0 Å². The molecule has 0 bridgehead atoms. The van der Waals surface area contributed by atoms with Crippen molar-refractivity contribution in [2.45, 2.75) is 40.4 Å². The molecule has 2 N–H and O–H groups in total. The van der Waals surface area contributed by atoms with Crippen LogP contribution >= 0.6 is 83.1 Å². The summed E-state index contributed by atoms with van der Waals surface area (Å²) in [6.45, 7) is 1.68. The molecule has 0 saturated heterocycles. The van der Waals surface area contributed by atoms with Crippen LogP contribution in [0.5, 0.6) is 0 Å². The maximum atomic E-state index is 11.3. The fourth-order valence-electron chi connectivity index (χ4n) is 1.65. The highest BCUT2D eigenvalue weighted by atomic mass is 79.9. The van der Waals surface area contributed by atoms with E-state index in [1.807, 2.05) is 0 Å². The molecule has 0 rings (SSSR count). The summed E-state index contributed by atoms with van der Waals surface area (Å²) in [4.78, 5) is 18.3. The lowest BCUT2D eigenvalue weighted by Gasteiger charge is -2.38. The number of hydrogen-bond donors (Lipinski definition) is 2. The first kappa shape index (κ1) is 21.3. The van der Waals surface area contributed by atoms with E-state index >= 15 is 0 Å². The lowest BCUT2D eigenvalue weighted by atomic mass is 9.89. The van der Waals surface area contributed by atoms with Gasteiger partial charge in [-0.1, -0.05) is 63.7 Å². The fourth-order valence-corrected chi connectivity index (χ4v) is 4.27. The highest BCUT2D eigenvalue weighted by molar-refractivity contribution is 9.12. The van der Waals surface area contributed by atoms with Crippen LogP contribution in [-0.4, -0.2) is 41.1 Å². The van der Waals surface area contributed by atoms with Gasteiger partial charge < -0.3 is 9.79 Å². The number of alkyl halides is 5. The number of halogens is 5. The number of hydrogen-bond acceptors (Lipinski definition) is 2. The number of rotatable bonds is 9. The first-order chi connectivity index (χ1) is 8.56. The number of phosphoric acid groups is 1. The van der Waals surface area contributed by atoms with Crippen LogP contribution in [0.25, 0.3) is 0 Å². The third-order valence-electron chi connectivity index (χ3n) is 2.49. The second-order valence-corrected chi connectivity index (χ2v) is 9.88. The smallest absolute Gasteiger partial charge is 0.303 e. The molecule has 0 aromatic carbocycles. The molecule has 0 aliphatic heterocycles. The van der Waals surface area contributed by atoms with Crippen molar-refractivity contribution in [2.75, 3.05) is 10.7 Å². The standard InChI is InChI=1S/C9H16Br4ClO4P/c1-6(14)9(2-7(12)4-10,3-8(13)5-11)18-19(15,16)17/h6-8H,2-5H2,1H3,(H2,15,16,17). The Morgan fingerprint density at radius 3 is 1.79 bits per heavy atom. The molecule has 0 amide bonds. The molecular formula is C9H16Br4ClO4P. The van der Waals surface area contributed by atoms with Gasteiger partial charge in [-0.2, -0.15) is 0 Å². The van der Waals surface area contributed by atoms with Crippen molar-refractivity contribution in [3.63, 3.8) is 0 Å². The van der Waals surface area contributed by atoms with Gasteiger partial charge in [-0.05, 0) is 19.8 Å². The van der Waals surface area contributed by atoms with E-state index in [2.05, 4.69) is 63.7 Å². The summed E-state index contributed by atoms with van der Waals surface area (Å²) in [5.41, 5.74) is -1.12. The quantitative estimate of drug-likeness (QED) is 0.313. The monoisotopic (exact) mass is 570 g/mol. The Morgan fingerprint density at radius 1 is 1.21 bits per heavy atom. The molecule has 116 valence electrons. The molecule has 0 saturated carbocycles. The molecule has 3 atom stereocenters. The molecule has 0 aromatic heterocycles. The molecule has 0 spiro atoms. The van der Waals surface area contributed by atoms with Crippen LogP contribution in [0.4, 0.5) is 0 Å². The SMILES string of the molecule is CC(Cl)C(CC(Br)CBr)(CC(Br)CBr)OP(=O)(O)O. The molecule has 0 aliphatic rings. The summed E-state index contributed by atoms with van der Waals surface area (Å²) in [5, 5.41) is 0.701. The third-order valence-corrected chi connectivity index (χ3v) is 8.09. The van der Waals surface area contributed by atoms with Crippen LogP contribution in [0.3, 0.4) is 0 Å². The summed E-state index contributed by atoms with van der Waals surface area (Å²) in [6.07, 6.45) is 0.756. The summed E-state index contributed by atoms with van der Waals surface area (Å²) in [5.74, 6) is 0. The molecule has 0 aliphatic carbocycles. The van der Waals surface area contributed by atoms with Gasteiger partial charge in [0, 0.05) is 20.3 Å². The van der Waals surface area contributed by atoms with Gasteiger partial charge in [0.2, 0.25) is 0 Å². The second-order valence-electron chi connectivity index (χ2n) is 4.17. The summed E-state index contributed by atoms with van der Waals surface area (Å²) in [7, 11) is -4.63. The van der Waals surface area contributed by atoms with Crippen molar-refractivity contribution in [3.05, 3.63) is 0 Å². The zero-order valence-electron chi connectivity index (χ0n) is 10.1. The molecule has 0 heterocycles. The first-order valence-corrected chi connectivity index (χ1v) is 11.4. The minimum absolute atomic E-state index is 0.00437. The van der Waals surface area contributed by atoms with E-state index in [4.69, 9.17) is 25.9 Å². The minimum Gasteiger partial charge on any atom is -0.303 e. The van der Waals surface area contributed by atoms with Gasteiger partial charge in [0.05, 0.1) is 11.0 Å². The van der Waals surface area contributed by atoms with Crippen molar-refractivity contribution in [3.8, 4) is 0 Å². The largest absolute Gasteiger partial charge is 0.470 e. The van der Waals surface area contributed by atoms with Crippen LogP contribution in [0.2, 0.25) is 0 Å². The zero-order chi connectivity index (χ0) is 15.3. The van der Waals surface area contributed by atoms with E-state index < -0.39 is 18.8 Å². The predicted molar refractivity (Wildman–Crippen MR) is 93.4 cm³/mol. The molecule has 19 heavy (non-hydrogen) atoms. The summed E-state index contributed by atoms with van der Waals surface area (Å²) < 4.78 is 16.3. The third kappa shape index (κ3) is 8.50. The van der Waals surface area contributed by atoms with Gasteiger partial charge in [0.1, 0.15) is 0 Å².